The summed E-state index contributed by atoms with van der Waals surface area (Å²) in [5.74, 6) is 0.354. The van der Waals surface area contributed by atoms with Gasteiger partial charge in [-0.05, 0) is 49.4 Å². The fourth-order valence-electron chi connectivity index (χ4n) is 3.41. The molecule has 0 saturated carbocycles. The Morgan fingerprint density at radius 1 is 0.971 bits per heavy atom. The van der Waals surface area contributed by atoms with E-state index in [1.165, 1.54) is 61.5 Å². The van der Waals surface area contributed by atoms with Crippen molar-refractivity contribution in [2.24, 2.45) is 0 Å². The van der Waals surface area contributed by atoms with Crippen molar-refractivity contribution in [2.75, 3.05) is 23.3 Å². The molecule has 10 nitrogen and oxygen atoms in total. The van der Waals surface area contributed by atoms with E-state index in [9.17, 15) is 23.3 Å². The lowest BCUT2D eigenvalue weighted by molar-refractivity contribution is -0.385. The molecule has 0 unspecified atom stereocenters. The molecule has 176 valence electrons. The van der Waals surface area contributed by atoms with Crippen LogP contribution >= 0.6 is 0 Å². The molecule has 4 rings (SSSR count). The fraction of sp³-hybridized carbons (Fsp3) is 0.174. The third-order valence-electron chi connectivity index (χ3n) is 5.17. The van der Waals surface area contributed by atoms with E-state index in [1.807, 2.05) is 0 Å². The minimum Gasteiger partial charge on any atom is -0.490 e. The topological polar surface area (TPSA) is 137 Å². The second-order valence-corrected chi connectivity index (χ2v) is 9.19. The number of nitrogens with one attached hydrogen (secondary N) is 2. The Morgan fingerprint density at radius 2 is 1.65 bits per heavy atom. The van der Waals surface area contributed by atoms with Gasteiger partial charge in [0.25, 0.3) is 21.6 Å². The minimum absolute atomic E-state index is 0.0234. The molecule has 1 amide bonds. The van der Waals surface area contributed by atoms with Crippen LogP contribution in [0.4, 0.5) is 17.1 Å². The van der Waals surface area contributed by atoms with Gasteiger partial charge in [-0.25, -0.2) is 8.42 Å². The van der Waals surface area contributed by atoms with Crippen molar-refractivity contribution < 1.29 is 27.6 Å². The maximum atomic E-state index is 12.8. The Morgan fingerprint density at radius 3 is 2.35 bits per heavy atom. The molecule has 0 spiro atoms. The van der Waals surface area contributed by atoms with E-state index in [4.69, 9.17) is 9.47 Å². The highest BCUT2D eigenvalue weighted by Gasteiger charge is 2.20. The quantitative estimate of drug-likeness (QED) is 0.397. The van der Waals surface area contributed by atoms with E-state index in [0.29, 0.717) is 36.8 Å². The van der Waals surface area contributed by atoms with Crippen LogP contribution in [0.3, 0.4) is 0 Å². The summed E-state index contributed by atoms with van der Waals surface area (Å²) in [4.78, 5) is 23.2. The van der Waals surface area contributed by atoms with E-state index in [-0.39, 0.29) is 27.4 Å². The number of carbonyl (C=O) groups is 1. The smallest absolute Gasteiger partial charge is 0.273 e. The third kappa shape index (κ3) is 4.94. The van der Waals surface area contributed by atoms with E-state index in [0.717, 1.165) is 0 Å². The van der Waals surface area contributed by atoms with Crippen LogP contribution in [0.2, 0.25) is 0 Å². The number of sulfonamides is 1. The summed E-state index contributed by atoms with van der Waals surface area (Å²) in [6.07, 6.45) is 0.707. The van der Waals surface area contributed by atoms with E-state index in [1.54, 1.807) is 6.07 Å². The number of anilines is 2. The summed E-state index contributed by atoms with van der Waals surface area (Å²) in [7, 11) is -3.89. The summed E-state index contributed by atoms with van der Waals surface area (Å²) < 4.78 is 39.2. The molecular formula is C23H21N3O7S. The van der Waals surface area contributed by atoms with Crippen LogP contribution in [0.15, 0.2) is 65.6 Å². The number of carbonyl (C=O) groups excluding carboxylic acids is 1. The second-order valence-electron chi connectivity index (χ2n) is 7.50. The van der Waals surface area contributed by atoms with Crippen molar-refractivity contribution in [1.82, 2.24) is 0 Å². The van der Waals surface area contributed by atoms with Crippen LogP contribution in [-0.4, -0.2) is 32.5 Å². The maximum absolute atomic E-state index is 12.8. The summed E-state index contributed by atoms with van der Waals surface area (Å²) in [6, 6.07) is 14.7. The fourth-order valence-corrected chi connectivity index (χ4v) is 4.49. The molecule has 1 aliphatic heterocycles. The van der Waals surface area contributed by atoms with Gasteiger partial charge in [0.2, 0.25) is 0 Å². The largest absolute Gasteiger partial charge is 0.490 e. The Hall–Kier alpha value is -4.12. The van der Waals surface area contributed by atoms with Crippen molar-refractivity contribution in [1.29, 1.82) is 0 Å². The number of fused-ring (bicyclic) bond motifs is 1. The average Bonchev–Trinajstić information content (AvgIpc) is 3.05. The van der Waals surface area contributed by atoms with Crippen molar-refractivity contribution in [3.63, 3.8) is 0 Å². The first-order valence-electron chi connectivity index (χ1n) is 10.3. The number of benzene rings is 3. The van der Waals surface area contributed by atoms with E-state index < -0.39 is 20.9 Å². The van der Waals surface area contributed by atoms with Gasteiger partial charge in [0.1, 0.15) is 0 Å². The normalized spacial score (nSPS) is 13.0. The van der Waals surface area contributed by atoms with Gasteiger partial charge >= 0.3 is 0 Å². The number of hydrogen-bond acceptors (Lipinski definition) is 7. The number of hydrogen-bond donors (Lipinski definition) is 2. The molecule has 1 heterocycles. The highest BCUT2D eigenvalue weighted by Crippen LogP contribution is 2.32. The molecule has 0 fully saturated rings. The van der Waals surface area contributed by atoms with Gasteiger partial charge in [-0.2, -0.15) is 0 Å². The highest BCUT2D eigenvalue weighted by molar-refractivity contribution is 7.92. The summed E-state index contributed by atoms with van der Waals surface area (Å²) in [5, 5.41) is 13.8. The van der Waals surface area contributed by atoms with Gasteiger partial charge in [0.15, 0.2) is 11.5 Å². The van der Waals surface area contributed by atoms with Gasteiger partial charge in [0, 0.05) is 41.1 Å². The first-order chi connectivity index (χ1) is 16.2. The predicted molar refractivity (Wildman–Crippen MR) is 125 cm³/mol. The molecule has 0 aromatic heterocycles. The standard InChI is InChI=1S/C23H21N3O7S/c1-15-19(4-2-5-20(15)26(28)29)23(27)24-16-6-8-17(9-7-16)25-34(30,31)18-10-11-21-22(14-18)33-13-3-12-32-21/h2,4-11,14,25H,3,12-13H2,1H3,(H,24,27). The Balaban J connectivity index is 1.47. The Labute approximate surface area is 195 Å². The summed E-state index contributed by atoms with van der Waals surface area (Å²) in [5.41, 5.74) is 0.969. The molecule has 0 radical (unpaired) electrons. The van der Waals surface area contributed by atoms with E-state index in [2.05, 4.69) is 10.0 Å². The van der Waals surface area contributed by atoms with Crippen LogP contribution in [0.5, 0.6) is 11.5 Å². The SMILES string of the molecule is Cc1c(C(=O)Nc2ccc(NS(=O)(=O)c3ccc4c(c3)OCCCO4)cc2)cccc1[N+](=O)[O-]. The number of nitro groups is 1. The molecule has 0 saturated heterocycles. The van der Waals surface area contributed by atoms with Crippen LogP contribution in [0, 0.1) is 17.0 Å². The van der Waals surface area contributed by atoms with Crippen molar-refractivity contribution in [3.8, 4) is 11.5 Å². The van der Waals surface area contributed by atoms with Crippen molar-refractivity contribution in [2.45, 2.75) is 18.2 Å². The zero-order valence-corrected chi connectivity index (χ0v) is 18.9. The van der Waals surface area contributed by atoms with E-state index >= 15 is 0 Å². The first-order valence-corrected chi connectivity index (χ1v) is 11.8. The third-order valence-corrected chi connectivity index (χ3v) is 6.55. The van der Waals surface area contributed by atoms with Crippen LogP contribution < -0.4 is 19.5 Å². The molecule has 1 aliphatic rings. The average molecular weight is 484 g/mol. The molecule has 2 N–H and O–H groups in total. The number of ether oxygens (including phenoxy) is 2. The minimum atomic E-state index is -3.89. The molecule has 0 bridgehead atoms. The molecule has 0 atom stereocenters. The number of amides is 1. The number of nitro benzene ring substituents is 1. The zero-order valence-electron chi connectivity index (χ0n) is 18.1. The van der Waals surface area contributed by atoms with Gasteiger partial charge < -0.3 is 14.8 Å². The first kappa shape index (κ1) is 23.1. The van der Waals surface area contributed by atoms with Gasteiger partial charge in [0.05, 0.1) is 23.0 Å². The van der Waals surface area contributed by atoms with Crippen LogP contribution in [-0.2, 0) is 10.0 Å². The Bertz CT molecular complexity index is 1360. The molecule has 34 heavy (non-hydrogen) atoms. The molecular weight excluding hydrogens is 462 g/mol. The maximum Gasteiger partial charge on any atom is 0.273 e. The molecule has 0 aliphatic carbocycles. The van der Waals surface area contributed by atoms with Crippen molar-refractivity contribution >= 4 is 33.0 Å². The lowest BCUT2D eigenvalue weighted by Crippen LogP contribution is -2.15. The highest BCUT2D eigenvalue weighted by atomic mass is 32.2. The van der Waals surface area contributed by atoms with Crippen molar-refractivity contribution in [3.05, 3.63) is 81.9 Å². The Kier molecular flexibility index (Phi) is 6.37. The summed E-state index contributed by atoms with van der Waals surface area (Å²) >= 11 is 0. The summed E-state index contributed by atoms with van der Waals surface area (Å²) in [6.45, 7) is 2.44. The molecule has 3 aromatic carbocycles. The number of rotatable bonds is 6. The second kappa shape index (κ2) is 9.40. The lowest BCUT2D eigenvalue weighted by atomic mass is 10.1. The molecule has 3 aromatic rings. The molecule has 11 heteroatoms. The monoisotopic (exact) mass is 483 g/mol. The van der Waals surface area contributed by atoms with Crippen LogP contribution in [0.25, 0.3) is 0 Å². The predicted octanol–water partition coefficient (Wildman–Crippen LogP) is 4.12. The van der Waals surface area contributed by atoms with Crippen LogP contribution in [0.1, 0.15) is 22.3 Å². The number of nitrogens with zero attached hydrogens (tertiary/aromatic N) is 1. The van der Waals surface area contributed by atoms with Gasteiger partial charge in [-0.3, -0.25) is 19.6 Å². The van der Waals surface area contributed by atoms with Gasteiger partial charge in [-0.15, -0.1) is 0 Å². The lowest BCUT2D eigenvalue weighted by Gasteiger charge is -2.12. The zero-order chi connectivity index (χ0) is 24.3. The van der Waals surface area contributed by atoms with Gasteiger partial charge in [-0.1, -0.05) is 6.07 Å².